The molecular weight excluding hydrogens is 304 g/mol. The molecule has 2 rings (SSSR count). The Labute approximate surface area is 143 Å². The first-order valence-electron chi connectivity index (χ1n) is 8.22. The molecular formula is C19H26N2O3. The fraction of sp³-hybridized carbons (Fsp3) is 0.368. The number of carboxylic acids is 1. The number of nitrogens with one attached hydrogen (secondary N) is 2. The Kier molecular flexibility index (Phi) is 7.75. The predicted molar refractivity (Wildman–Crippen MR) is 98.0 cm³/mol. The zero-order valence-corrected chi connectivity index (χ0v) is 14.6. The first kappa shape index (κ1) is 19.5. The zero-order valence-electron chi connectivity index (χ0n) is 14.6. The summed E-state index contributed by atoms with van der Waals surface area (Å²) in [6.07, 6.45) is 6.95. The van der Waals surface area contributed by atoms with Gasteiger partial charge in [0, 0.05) is 23.9 Å². The van der Waals surface area contributed by atoms with Gasteiger partial charge in [-0.15, -0.1) is 0 Å². The smallest absolute Gasteiger partial charge is 0.352 e. The number of allylic oxidation sites excluding steroid dienone is 2. The minimum absolute atomic E-state index is 0.0431. The van der Waals surface area contributed by atoms with Gasteiger partial charge in [0.2, 0.25) is 0 Å². The second kappa shape index (κ2) is 9.55. The number of hydrogen-bond donors (Lipinski definition) is 3. The van der Waals surface area contributed by atoms with Crippen molar-refractivity contribution in [3.05, 3.63) is 47.7 Å². The summed E-state index contributed by atoms with van der Waals surface area (Å²) in [5.41, 5.74) is 2.21. The lowest BCUT2D eigenvalue weighted by Crippen LogP contribution is -2.22. The molecule has 1 aromatic carbocycles. The summed E-state index contributed by atoms with van der Waals surface area (Å²) >= 11 is 0. The normalized spacial score (nSPS) is 12.1. The van der Waals surface area contributed by atoms with Gasteiger partial charge in [-0.05, 0) is 23.8 Å². The van der Waals surface area contributed by atoms with Crippen LogP contribution in [0.5, 0.6) is 0 Å². The third kappa shape index (κ3) is 4.98. The lowest BCUT2D eigenvalue weighted by atomic mass is 9.94. The van der Waals surface area contributed by atoms with Gasteiger partial charge in [0.25, 0.3) is 5.91 Å². The third-order valence-electron chi connectivity index (χ3n) is 3.63. The highest BCUT2D eigenvalue weighted by Gasteiger charge is 2.22. The van der Waals surface area contributed by atoms with Gasteiger partial charge in [-0.1, -0.05) is 52.2 Å². The minimum atomic E-state index is -1.06. The van der Waals surface area contributed by atoms with Crippen LogP contribution in [0.3, 0.4) is 0 Å². The average molecular weight is 330 g/mol. The SMILES string of the molecule is C=C1C=C(C(=O)O)Nc2cccc(C(=O)NC)c21.CCCCCC. The van der Waals surface area contributed by atoms with Crippen molar-refractivity contribution in [1.82, 2.24) is 5.32 Å². The fourth-order valence-corrected chi connectivity index (χ4v) is 2.37. The standard InChI is InChI=1S/C13H12N2O3.C6H14/c1-7-6-10(13(17)18)15-9-5-3-4-8(11(7)9)12(16)14-2;1-3-5-6-4-2/h3-6,15H,1H2,2H3,(H,14,16)(H,17,18);3-6H2,1-2H3. The molecule has 24 heavy (non-hydrogen) atoms. The number of unbranched alkanes of at least 4 members (excludes halogenated alkanes) is 3. The number of anilines is 1. The molecule has 5 heteroatoms. The Morgan fingerprint density at radius 2 is 1.83 bits per heavy atom. The minimum Gasteiger partial charge on any atom is -0.477 e. The number of carbonyl (C=O) groups excluding carboxylic acids is 1. The van der Waals surface area contributed by atoms with E-state index in [0.717, 1.165) is 0 Å². The summed E-state index contributed by atoms with van der Waals surface area (Å²) in [6.45, 7) is 8.27. The van der Waals surface area contributed by atoms with Crippen molar-refractivity contribution in [1.29, 1.82) is 0 Å². The maximum Gasteiger partial charge on any atom is 0.352 e. The topological polar surface area (TPSA) is 78.4 Å². The first-order chi connectivity index (χ1) is 11.5. The van der Waals surface area contributed by atoms with E-state index in [4.69, 9.17) is 5.11 Å². The Morgan fingerprint density at radius 3 is 2.33 bits per heavy atom. The van der Waals surface area contributed by atoms with Gasteiger partial charge in [-0.25, -0.2) is 4.79 Å². The third-order valence-corrected chi connectivity index (χ3v) is 3.63. The quantitative estimate of drug-likeness (QED) is 0.712. The molecule has 0 radical (unpaired) electrons. The van der Waals surface area contributed by atoms with Crippen LogP contribution in [0.25, 0.3) is 5.57 Å². The van der Waals surface area contributed by atoms with Crippen LogP contribution in [0.4, 0.5) is 5.69 Å². The number of hydrogen-bond acceptors (Lipinski definition) is 3. The van der Waals surface area contributed by atoms with Crippen LogP contribution in [0.15, 0.2) is 36.6 Å². The zero-order chi connectivity index (χ0) is 18.1. The Balaban J connectivity index is 0.000000413. The van der Waals surface area contributed by atoms with E-state index in [2.05, 4.69) is 31.1 Å². The van der Waals surface area contributed by atoms with Crippen LogP contribution < -0.4 is 10.6 Å². The Morgan fingerprint density at radius 1 is 1.21 bits per heavy atom. The molecule has 130 valence electrons. The number of amides is 1. The van der Waals surface area contributed by atoms with Gasteiger partial charge in [0.1, 0.15) is 5.70 Å². The second-order valence-electron chi connectivity index (χ2n) is 5.53. The molecule has 1 aromatic rings. The van der Waals surface area contributed by atoms with Crippen molar-refractivity contribution >= 4 is 23.1 Å². The van der Waals surface area contributed by atoms with Crippen molar-refractivity contribution in [2.45, 2.75) is 39.5 Å². The number of fused-ring (bicyclic) bond motifs is 1. The number of rotatable bonds is 5. The van der Waals surface area contributed by atoms with Gasteiger partial charge in [0.15, 0.2) is 0 Å². The van der Waals surface area contributed by atoms with Crippen LogP contribution in [-0.4, -0.2) is 24.0 Å². The Bertz CT molecular complexity index is 644. The monoisotopic (exact) mass is 330 g/mol. The van der Waals surface area contributed by atoms with Crippen LogP contribution in [0.2, 0.25) is 0 Å². The molecule has 0 atom stereocenters. The van der Waals surface area contributed by atoms with Gasteiger partial charge >= 0.3 is 5.97 Å². The molecule has 1 aliphatic heterocycles. The van der Waals surface area contributed by atoms with Gasteiger partial charge in [-0.3, -0.25) is 4.79 Å². The second-order valence-corrected chi connectivity index (χ2v) is 5.53. The Hall–Kier alpha value is -2.56. The summed E-state index contributed by atoms with van der Waals surface area (Å²) < 4.78 is 0. The van der Waals surface area contributed by atoms with Crippen LogP contribution in [0, 0.1) is 0 Å². The molecule has 0 aliphatic carbocycles. The van der Waals surface area contributed by atoms with E-state index < -0.39 is 5.97 Å². The van der Waals surface area contributed by atoms with Gasteiger partial charge in [-0.2, -0.15) is 0 Å². The molecule has 0 spiro atoms. The summed E-state index contributed by atoms with van der Waals surface area (Å²) in [5.74, 6) is -1.30. The predicted octanol–water partition coefficient (Wildman–Crippen LogP) is 4.04. The van der Waals surface area contributed by atoms with E-state index in [1.165, 1.54) is 31.8 Å². The first-order valence-corrected chi connectivity index (χ1v) is 8.22. The van der Waals surface area contributed by atoms with E-state index in [0.29, 0.717) is 22.4 Å². The number of benzene rings is 1. The van der Waals surface area contributed by atoms with E-state index in [9.17, 15) is 9.59 Å². The van der Waals surface area contributed by atoms with E-state index in [-0.39, 0.29) is 11.6 Å². The lowest BCUT2D eigenvalue weighted by molar-refractivity contribution is -0.132. The highest BCUT2D eigenvalue weighted by atomic mass is 16.4. The van der Waals surface area contributed by atoms with E-state index in [1.54, 1.807) is 25.2 Å². The van der Waals surface area contributed by atoms with Crippen molar-refractivity contribution in [2.75, 3.05) is 12.4 Å². The number of carboxylic acid groups (broad SMARTS) is 1. The molecule has 0 bridgehead atoms. The molecule has 0 fully saturated rings. The highest BCUT2D eigenvalue weighted by Crippen LogP contribution is 2.33. The van der Waals surface area contributed by atoms with Crippen molar-refractivity contribution in [3.8, 4) is 0 Å². The molecule has 5 nitrogen and oxygen atoms in total. The largest absolute Gasteiger partial charge is 0.477 e. The van der Waals surface area contributed by atoms with Crippen LogP contribution >= 0.6 is 0 Å². The molecule has 0 aromatic heterocycles. The molecule has 1 heterocycles. The van der Waals surface area contributed by atoms with Crippen LogP contribution in [-0.2, 0) is 4.79 Å². The summed E-state index contributed by atoms with van der Waals surface area (Å²) in [4.78, 5) is 22.7. The summed E-state index contributed by atoms with van der Waals surface area (Å²) in [7, 11) is 1.54. The van der Waals surface area contributed by atoms with Gasteiger partial charge in [0.05, 0.1) is 0 Å². The molecule has 0 saturated carbocycles. The number of carbonyl (C=O) groups is 2. The molecule has 3 N–H and O–H groups in total. The van der Waals surface area contributed by atoms with Crippen molar-refractivity contribution in [3.63, 3.8) is 0 Å². The molecule has 1 amide bonds. The van der Waals surface area contributed by atoms with Crippen LogP contribution in [0.1, 0.15) is 55.5 Å². The van der Waals surface area contributed by atoms with E-state index >= 15 is 0 Å². The number of aliphatic carboxylic acids is 1. The summed E-state index contributed by atoms with van der Waals surface area (Å²) in [6, 6.07) is 5.07. The van der Waals surface area contributed by atoms with Crippen molar-refractivity contribution < 1.29 is 14.7 Å². The lowest BCUT2D eigenvalue weighted by Gasteiger charge is -2.20. The maximum absolute atomic E-state index is 11.7. The highest BCUT2D eigenvalue weighted by molar-refractivity contribution is 6.06. The molecule has 1 aliphatic rings. The van der Waals surface area contributed by atoms with Gasteiger partial charge < -0.3 is 15.7 Å². The molecule has 0 saturated heterocycles. The van der Waals surface area contributed by atoms with Crippen molar-refractivity contribution in [2.24, 2.45) is 0 Å². The fourth-order valence-electron chi connectivity index (χ4n) is 2.37. The average Bonchev–Trinajstić information content (AvgIpc) is 2.59. The molecule has 0 unspecified atom stereocenters. The van der Waals surface area contributed by atoms with E-state index in [1.807, 2.05) is 0 Å². The summed E-state index contributed by atoms with van der Waals surface area (Å²) in [5, 5.41) is 14.3. The maximum atomic E-state index is 11.7.